The van der Waals surface area contributed by atoms with E-state index in [2.05, 4.69) is 9.72 Å². The van der Waals surface area contributed by atoms with Gasteiger partial charge in [0, 0.05) is 16.8 Å². The van der Waals surface area contributed by atoms with Crippen LogP contribution in [-0.4, -0.2) is 29.8 Å². The lowest BCUT2D eigenvalue weighted by molar-refractivity contribution is 0.0431. The molecular weight excluding hydrogens is 314 g/mol. The van der Waals surface area contributed by atoms with Gasteiger partial charge in [0.2, 0.25) is 5.76 Å². The predicted molar refractivity (Wildman–Crippen MR) is 84.2 cm³/mol. The molecule has 0 saturated heterocycles. The van der Waals surface area contributed by atoms with Crippen molar-refractivity contribution in [2.45, 2.75) is 34.3 Å². The average Bonchev–Trinajstić information content (AvgIpc) is 3.03. The fourth-order valence-electron chi connectivity index (χ4n) is 2.61. The number of aromatic nitrogens is 1. The summed E-state index contributed by atoms with van der Waals surface area (Å²) >= 11 is 0. The van der Waals surface area contributed by atoms with Crippen molar-refractivity contribution in [1.29, 1.82) is 0 Å². The monoisotopic (exact) mass is 333 g/mol. The van der Waals surface area contributed by atoms with Gasteiger partial charge in [-0.2, -0.15) is 0 Å². The smallest absolute Gasteiger partial charge is 0.374 e. The molecule has 2 aromatic rings. The highest BCUT2D eigenvalue weighted by Gasteiger charge is 2.22. The SMILES string of the molecule is COC(=O)c1oc(COC(=O)c2[nH]c(C)c(C(C)=O)c2C)cc1C. The Bertz CT molecular complexity index is 811. The molecule has 7 heteroatoms. The molecule has 128 valence electrons. The van der Waals surface area contributed by atoms with Crippen molar-refractivity contribution in [2.75, 3.05) is 7.11 Å². The number of furan rings is 1. The summed E-state index contributed by atoms with van der Waals surface area (Å²) in [5.41, 5.74) is 2.49. The van der Waals surface area contributed by atoms with Gasteiger partial charge in [-0.1, -0.05) is 0 Å². The fraction of sp³-hybridized carbons (Fsp3) is 0.353. The Hall–Kier alpha value is -2.83. The minimum atomic E-state index is -0.600. The number of Topliss-reactive ketones (excluding diaryl/α,β-unsaturated/α-hetero) is 1. The van der Waals surface area contributed by atoms with Crippen LogP contribution in [0.4, 0.5) is 0 Å². The van der Waals surface area contributed by atoms with Gasteiger partial charge in [0.1, 0.15) is 18.1 Å². The summed E-state index contributed by atoms with van der Waals surface area (Å²) in [5, 5.41) is 0. The fourth-order valence-corrected chi connectivity index (χ4v) is 2.61. The molecule has 1 N–H and O–H groups in total. The topological polar surface area (TPSA) is 98.6 Å². The molecule has 0 fully saturated rings. The minimum Gasteiger partial charge on any atom is -0.463 e. The standard InChI is InChI=1S/C17H19NO6/c1-8-6-12(24-15(8)17(21)22-5)7-23-16(20)14-9(2)13(11(4)19)10(3)18-14/h6,18H,7H2,1-5H3. The van der Waals surface area contributed by atoms with E-state index >= 15 is 0 Å². The first kappa shape index (κ1) is 17.5. The molecule has 2 aromatic heterocycles. The molecule has 0 bridgehead atoms. The highest BCUT2D eigenvalue weighted by Crippen LogP contribution is 2.21. The second-order valence-corrected chi connectivity index (χ2v) is 5.47. The van der Waals surface area contributed by atoms with Gasteiger partial charge in [0.05, 0.1) is 7.11 Å². The van der Waals surface area contributed by atoms with E-state index in [1.807, 2.05) is 0 Å². The summed E-state index contributed by atoms with van der Waals surface area (Å²) in [6.07, 6.45) is 0. The van der Waals surface area contributed by atoms with E-state index < -0.39 is 11.9 Å². The Morgan fingerprint density at radius 1 is 1.17 bits per heavy atom. The maximum atomic E-state index is 12.2. The third-order valence-corrected chi connectivity index (χ3v) is 3.68. The van der Waals surface area contributed by atoms with Crippen LogP contribution in [0.1, 0.15) is 60.9 Å². The summed E-state index contributed by atoms with van der Waals surface area (Å²) in [5.74, 6) is -0.906. The maximum Gasteiger partial charge on any atom is 0.374 e. The Labute approximate surface area is 138 Å². The van der Waals surface area contributed by atoms with Crippen LogP contribution >= 0.6 is 0 Å². The number of esters is 2. The number of aromatic amines is 1. The molecule has 0 amide bonds. The highest BCUT2D eigenvalue weighted by atomic mass is 16.6. The Balaban J connectivity index is 2.13. The van der Waals surface area contributed by atoms with Crippen molar-refractivity contribution in [2.24, 2.45) is 0 Å². The van der Waals surface area contributed by atoms with Gasteiger partial charge in [0.25, 0.3) is 0 Å². The lowest BCUT2D eigenvalue weighted by Gasteiger charge is -2.02. The van der Waals surface area contributed by atoms with Crippen LogP contribution in [0.5, 0.6) is 0 Å². The van der Waals surface area contributed by atoms with Crippen LogP contribution in [0.2, 0.25) is 0 Å². The number of carbonyl (C=O) groups is 3. The van der Waals surface area contributed by atoms with Crippen molar-refractivity contribution >= 4 is 17.7 Å². The number of rotatable bonds is 5. The second kappa shape index (κ2) is 6.74. The van der Waals surface area contributed by atoms with Crippen LogP contribution in [0.3, 0.4) is 0 Å². The maximum absolute atomic E-state index is 12.2. The number of nitrogens with one attached hydrogen (secondary N) is 1. The first-order chi connectivity index (χ1) is 11.3. The molecule has 0 aliphatic carbocycles. The number of ketones is 1. The first-order valence-electron chi connectivity index (χ1n) is 7.31. The van der Waals surface area contributed by atoms with Crippen LogP contribution in [0, 0.1) is 20.8 Å². The molecule has 7 nitrogen and oxygen atoms in total. The molecule has 0 atom stereocenters. The van der Waals surface area contributed by atoms with Gasteiger partial charge in [0.15, 0.2) is 5.78 Å². The molecule has 24 heavy (non-hydrogen) atoms. The molecule has 0 saturated carbocycles. The zero-order valence-corrected chi connectivity index (χ0v) is 14.2. The third-order valence-electron chi connectivity index (χ3n) is 3.68. The number of H-pyrrole nitrogens is 1. The number of hydrogen-bond donors (Lipinski definition) is 1. The number of ether oxygens (including phenoxy) is 2. The average molecular weight is 333 g/mol. The Morgan fingerprint density at radius 2 is 1.83 bits per heavy atom. The van der Waals surface area contributed by atoms with Crippen LogP contribution in [0.25, 0.3) is 0 Å². The van der Waals surface area contributed by atoms with E-state index in [9.17, 15) is 14.4 Å². The van der Waals surface area contributed by atoms with Crippen molar-refractivity contribution in [1.82, 2.24) is 4.98 Å². The lowest BCUT2D eigenvalue weighted by Crippen LogP contribution is -2.07. The molecular formula is C17H19NO6. The van der Waals surface area contributed by atoms with Gasteiger partial charge in [-0.3, -0.25) is 4.79 Å². The number of methoxy groups -OCH3 is 1. The number of aryl methyl sites for hydroxylation is 2. The zero-order valence-electron chi connectivity index (χ0n) is 14.2. The van der Waals surface area contributed by atoms with Crippen molar-refractivity contribution in [3.05, 3.63) is 45.7 Å². The first-order valence-corrected chi connectivity index (χ1v) is 7.31. The van der Waals surface area contributed by atoms with E-state index in [0.29, 0.717) is 28.1 Å². The Kier molecular flexibility index (Phi) is 4.92. The van der Waals surface area contributed by atoms with Crippen molar-refractivity contribution < 1.29 is 28.3 Å². The molecule has 0 aromatic carbocycles. The summed E-state index contributed by atoms with van der Waals surface area (Å²) in [4.78, 5) is 38.2. The van der Waals surface area contributed by atoms with Crippen LogP contribution in [0.15, 0.2) is 10.5 Å². The second-order valence-electron chi connectivity index (χ2n) is 5.47. The molecule has 2 heterocycles. The number of carbonyl (C=O) groups excluding carboxylic acids is 3. The van der Waals surface area contributed by atoms with Gasteiger partial charge < -0.3 is 18.9 Å². The van der Waals surface area contributed by atoms with E-state index in [0.717, 1.165) is 0 Å². The minimum absolute atomic E-state index is 0.0781. The Morgan fingerprint density at radius 3 is 2.38 bits per heavy atom. The van der Waals surface area contributed by atoms with Crippen LogP contribution in [-0.2, 0) is 16.1 Å². The van der Waals surface area contributed by atoms with Gasteiger partial charge >= 0.3 is 11.9 Å². The molecule has 0 spiro atoms. The molecule has 0 aliphatic rings. The molecule has 0 radical (unpaired) electrons. The normalized spacial score (nSPS) is 10.5. The van der Waals surface area contributed by atoms with E-state index in [-0.39, 0.29) is 23.8 Å². The zero-order chi connectivity index (χ0) is 18.0. The summed E-state index contributed by atoms with van der Waals surface area (Å²) in [6.45, 7) is 6.41. The van der Waals surface area contributed by atoms with Gasteiger partial charge in [-0.25, -0.2) is 9.59 Å². The highest BCUT2D eigenvalue weighted by molar-refractivity contribution is 6.01. The van der Waals surface area contributed by atoms with Gasteiger partial charge in [-0.15, -0.1) is 0 Å². The number of hydrogen-bond acceptors (Lipinski definition) is 6. The van der Waals surface area contributed by atoms with Crippen molar-refractivity contribution in [3.63, 3.8) is 0 Å². The summed E-state index contributed by atoms with van der Waals surface area (Å²) in [7, 11) is 1.26. The predicted octanol–water partition coefficient (Wildman–Crippen LogP) is 2.88. The van der Waals surface area contributed by atoms with E-state index in [1.165, 1.54) is 14.0 Å². The molecule has 0 aliphatic heterocycles. The summed E-state index contributed by atoms with van der Waals surface area (Å²) in [6, 6.07) is 1.60. The third kappa shape index (κ3) is 3.24. The van der Waals surface area contributed by atoms with E-state index in [1.54, 1.807) is 26.8 Å². The largest absolute Gasteiger partial charge is 0.463 e. The van der Waals surface area contributed by atoms with Crippen molar-refractivity contribution in [3.8, 4) is 0 Å². The van der Waals surface area contributed by atoms with Gasteiger partial charge in [-0.05, 0) is 39.3 Å². The lowest BCUT2D eigenvalue weighted by atomic mass is 10.1. The summed E-state index contributed by atoms with van der Waals surface area (Å²) < 4.78 is 15.1. The van der Waals surface area contributed by atoms with E-state index in [4.69, 9.17) is 9.15 Å². The molecule has 0 unspecified atom stereocenters. The van der Waals surface area contributed by atoms with Crippen LogP contribution < -0.4 is 0 Å². The quantitative estimate of drug-likeness (QED) is 0.667. The molecule has 2 rings (SSSR count).